The van der Waals surface area contributed by atoms with Crippen LogP contribution in [0.3, 0.4) is 0 Å². The molecule has 0 saturated heterocycles. The number of hydrogen-bond donors (Lipinski definition) is 0. The van der Waals surface area contributed by atoms with E-state index in [1.54, 1.807) is 0 Å². The summed E-state index contributed by atoms with van der Waals surface area (Å²) in [5, 5.41) is 36.8. The number of carbonyl (C=O) groups is 1. The average Bonchev–Trinajstić information content (AvgIpc) is 3.15. The first-order valence-electron chi connectivity index (χ1n) is 6.29. The van der Waals surface area contributed by atoms with Gasteiger partial charge in [0, 0.05) is 23.9 Å². The van der Waals surface area contributed by atoms with Crippen molar-refractivity contribution in [1.29, 1.82) is 0 Å². The quantitative estimate of drug-likeness (QED) is 0.423. The minimum absolute atomic E-state index is 0.0185. The number of hydrogen-bond acceptors (Lipinski definition) is 10. The van der Waals surface area contributed by atoms with Crippen molar-refractivity contribution in [2.75, 3.05) is 0 Å². The molecule has 13 heteroatoms. The smallest absolute Gasteiger partial charge is 0.492 e. The number of benzene rings is 1. The van der Waals surface area contributed by atoms with Gasteiger partial charge < -0.3 is 20.0 Å². The van der Waals surface area contributed by atoms with Gasteiger partial charge in [-0.25, -0.2) is 0 Å². The van der Waals surface area contributed by atoms with Crippen LogP contribution in [0.1, 0.15) is 10.4 Å². The van der Waals surface area contributed by atoms with E-state index in [0.717, 1.165) is 11.8 Å². The molecule has 0 aliphatic carbocycles. The van der Waals surface area contributed by atoms with Crippen LogP contribution in [0.2, 0.25) is 0 Å². The van der Waals surface area contributed by atoms with Gasteiger partial charge in [0.2, 0.25) is 5.16 Å². The predicted molar refractivity (Wildman–Crippen MR) is 75.3 cm³/mol. The Labute approximate surface area is 137 Å². The highest BCUT2D eigenvalue weighted by molar-refractivity contribution is 7.99. The Bertz CT molecular complexity index is 919. The molecule has 0 N–H and O–H groups in total. The van der Waals surface area contributed by atoms with Crippen LogP contribution < -0.4 is 5.11 Å². The molecule has 1 aromatic carbocycles. The second-order valence-corrected chi connectivity index (χ2v) is 5.32. The first kappa shape index (κ1) is 15.5. The first-order valence-corrected chi connectivity index (χ1v) is 7.11. The second-order valence-electron chi connectivity index (χ2n) is 4.38. The van der Waals surface area contributed by atoms with Gasteiger partial charge in [-0.15, -0.1) is 5.10 Å². The molecule has 3 aromatic rings. The first-order chi connectivity index (χ1) is 11.5. The summed E-state index contributed by atoms with van der Waals surface area (Å²) in [6.07, 6.45) is 0. The van der Waals surface area contributed by atoms with Crippen molar-refractivity contribution >= 4 is 23.7 Å². The molecule has 3 rings (SSSR count). The second kappa shape index (κ2) is 6.04. The molecule has 0 aliphatic rings. The van der Waals surface area contributed by atoms with Gasteiger partial charge in [0.1, 0.15) is 0 Å². The van der Waals surface area contributed by atoms with Crippen LogP contribution in [0, 0.1) is 10.1 Å². The third-order valence-electron chi connectivity index (χ3n) is 2.85. The third-order valence-corrected chi connectivity index (χ3v) is 3.82. The number of aromatic carboxylic acids is 1. The van der Waals surface area contributed by atoms with E-state index in [4.69, 9.17) is 0 Å². The van der Waals surface area contributed by atoms with Crippen molar-refractivity contribution in [3.8, 4) is 5.69 Å². The zero-order valence-electron chi connectivity index (χ0n) is 11.9. The van der Waals surface area contributed by atoms with Crippen molar-refractivity contribution in [3.63, 3.8) is 0 Å². The van der Waals surface area contributed by atoms with Gasteiger partial charge >= 0.3 is 5.95 Å². The van der Waals surface area contributed by atoms with Crippen LogP contribution in [-0.2, 0) is 7.05 Å². The topological polar surface area (TPSA) is 158 Å². The van der Waals surface area contributed by atoms with Crippen molar-refractivity contribution in [1.82, 2.24) is 35.0 Å². The monoisotopic (exact) mass is 347 g/mol. The van der Waals surface area contributed by atoms with E-state index in [1.165, 1.54) is 40.7 Å². The van der Waals surface area contributed by atoms with E-state index in [0.29, 0.717) is 5.69 Å². The van der Waals surface area contributed by atoms with Gasteiger partial charge in [0.05, 0.1) is 11.7 Å². The summed E-state index contributed by atoms with van der Waals surface area (Å²) < 4.78 is 2.57. The highest BCUT2D eigenvalue weighted by atomic mass is 32.2. The zero-order chi connectivity index (χ0) is 17.3. The van der Waals surface area contributed by atoms with Crippen LogP contribution in [0.5, 0.6) is 0 Å². The van der Waals surface area contributed by atoms with Crippen LogP contribution in [0.25, 0.3) is 5.69 Å². The number of aryl methyl sites for hydroxylation is 1. The summed E-state index contributed by atoms with van der Waals surface area (Å²) in [6, 6.07) is 5.72. The molecule has 0 fully saturated rings. The van der Waals surface area contributed by atoms with E-state index < -0.39 is 16.8 Å². The summed E-state index contributed by atoms with van der Waals surface area (Å²) >= 11 is 0.974. The summed E-state index contributed by atoms with van der Waals surface area (Å²) in [5.74, 6) is -1.82. The number of tetrazole rings is 1. The van der Waals surface area contributed by atoms with Gasteiger partial charge in [-0.05, 0) is 38.0 Å². The fraction of sp³-hybridized carbons (Fsp3) is 0.0909. The lowest BCUT2D eigenvalue weighted by Gasteiger charge is -2.05. The van der Waals surface area contributed by atoms with Gasteiger partial charge in [0.15, 0.2) is 0 Å². The molecule has 0 amide bonds. The molecule has 0 aliphatic heterocycles. The summed E-state index contributed by atoms with van der Waals surface area (Å²) in [7, 11) is 1.51. The van der Waals surface area contributed by atoms with Crippen LogP contribution >= 0.6 is 11.8 Å². The molecule has 0 saturated carbocycles. The lowest BCUT2D eigenvalue weighted by molar-refractivity contribution is -0.394. The Morgan fingerprint density at radius 1 is 1.25 bits per heavy atom. The van der Waals surface area contributed by atoms with Gasteiger partial charge in [-0.1, -0.05) is 12.1 Å². The number of carboxylic acids is 1. The Hall–Kier alpha value is -3.35. The number of rotatable bonds is 5. The molecule has 0 unspecified atom stereocenters. The minimum Gasteiger partial charge on any atom is -0.545 e. The summed E-state index contributed by atoms with van der Waals surface area (Å²) in [6.45, 7) is 0. The zero-order valence-corrected chi connectivity index (χ0v) is 12.7. The molecule has 0 bridgehead atoms. The molecule has 0 radical (unpaired) electrons. The van der Waals surface area contributed by atoms with E-state index in [-0.39, 0.29) is 15.9 Å². The fourth-order valence-corrected chi connectivity index (χ4v) is 2.52. The molecule has 0 atom stereocenters. The maximum Gasteiger partial charge on any atom is 0.492 e. The highest BCUT2D eigenvalue weighted by Crippen LogP contribution is 2.26. The van der Waals surface area contributed by atoms with Gasteiger partial charge in [0.25, 0.3) is 5.16 Å². The van der Waals surface area contributed by atoms with Crippen LogP contribution in [-0.4, -0.2) is 45.9 Å². The fourth-order valence-electron chi connectivity index (χ4n) is 1.75. The molecule has 0 spiro atoms. The van der Waals surface area contributed by atoms with Crippen molar-refractivity contribution < 1.29 is 14.8 Å². The average molecular weight is 347 g/mol. The lowest BCUT2D eigenvalue weighted by Crippen LogP contribution is -2.22. The Morgan fingerprint density at radius 2 is 1.96 bits per heavy atom. The molecular weight excluding hydrogens is 340 g/mol. The molecule has 2 aromatic heterocycles. The maximum absolute atomic E-state index is 10.8. The SMILES string of the molecule is Cn1nc([N+](=O)[O-])nc1Sc1nnnn1-c1ccc(C(=O)[O-])cc1. The standard InChI is InChI=1S/C11H8N8O4S/c1-17-10(12-9(14-17)19(22)23)24-11-13-15-16-18(11)7-4-2-6(3-5-7)8(20)21/h2-5H,1H3,(H,20,21)/p-1. The lowest BCUT2D eigenvalue weighted by atomic mass is 10.2. The number of nitro groups is 1. The van der Waals surface area contributed by atoms with Crippen molar-refractivity contribution in [2.24, 2.45) is 7.05 Å². The predicted octanol–water partition coefficient (Wildman–Crippen LogP) is -0.786. The van der Waals surface area contributed by atoms with Crippen molar-refractivity contribution in [2.45, 2.75) is 10.3 Å². The van der Waals surface area contributed by atoms with E-state index in [2.05, 4.69) is 25.6 Å². The molecular formula is C11H7N8O4S-. The van der Waals surface area contributed by atoms with Gasteiger partial charge in [-0.2, -0.15) is 9.36 Å². The highest BCUT2D eigenvalue weighted by Gasteiger charge is 2.22. The Kier molecular flexibility index (Phi) is 3.91. The molecule has 122 valence electrons. The van der Waals surface area contributed by atoms with Crippen LogP contribution in [0.15, 0.2) is 34.6 Å². The molecule has 24 heavy (non-hydrogen) atoms. The Morgan fingerprint density at radius 3 is 2.54 bits per heavy atom. The third kappa shape index (κ3) is 2.91. The van der Waals surface area contributed by atoms with Crippen LogP contribution in [0.4, 0.5) is 5.95 Å². The molecule has 12 nitrogen and oxygen atoms in total. The Balaban J connectivity index is 1.90. The van der Waals surface area contributed by atoms with Gasteiger partial charge in [-0.3, -0.25) is 0 Å². The summed E-state index contributed by atoms with van der Waals surface area (Å²) in [5.41, 5.74) is 0.522. The van der Waals surface area contributed by atoms with E-state index >= 15 is 0 Å². The molecule has 2 heterocycles. The normalized spacial score (nSPS) is 10.7. The largest absolute Gasteiger partial charge is 0.545 e. The number of nitrogens with zero attached hydrogens (tertiary/aromatic N) is 8. The van der Waals surface area contributed by atoms with E-state index in [9.17, 15) is 20.0 Å². The number of carboxylic acid groups (broad SMARTS) is 1. The summed E-state index contributed by atoms with van der Waals surface area (Å²) in [4.78, 5) is 24.5. The van der Waals surface area contributed by atoms with Crippen molar-refractivity contribution in [3.05, 3.63) is 39.9 Å². The maximum atomic E-state index is 10.8. The number of aromatic nitrogens is 7. The van der Waals surface area contributed by atoms with E-state index in [1.807, 2.05) is 0 Å². The number of carbonyl (C=O) groups excluding carboxylic acids is 1. The minimum atomic E-state index is -1.29.